The first kappa shape index (κ1) is 35.6. The summed E-state index contributed by atoms with van der Waals surface area (Å²) < 4.78 is 52.2. The molecular formula is C19H30N3O15P3S. The molecule has 0 spiro atoms. The van der Waals surface area contributed by atoms with E-state index in [2.05, 4.69) is 30.0 Å². The minimum absolute atomic E-state index is 0.139. The molecule has 22 heteroatoms. The topological polar surface area (TPSA) is 287 Å². The number of anilines is 1. The number of nitrogen functional groups attached to an aromatic ring is 1. The van der Waals surface area contributed by atoms with Crippen LogP contribution in [-0.4, -0.2) is 75.6 Å². The van der Waals surface area contributed by atoms with Crippen LogP contribution in [0.4, 0.5) is 5.82 Å². The molecule has 1 aromatic heterocycles. The number of nitrogens with two attached hydrogens (primary N) is 1. The number of aliphatic carboxylic acids is 1. The number of hydrogen-bond acceptors (Lipinski definition) is 13. The Bertz CT molecular complexity index is 1340. The van der Waals surface area contributed by atoms with Crippen molar-refractivity contribution in [3.8, 4) is 11.8 Å². The Morgan fingerprint density at radius 2 is 1.93 bits per heavy atom. The molecule has 0 radical (unpaired) electrons. The van der Waals surface area contributed by atoms with Crippen molar-refractivity contribution >= 4 is 47.0 Å². The number of carboxylic acid groups (broad SMARTS) is 1. The van der Waals surface area contributed by atoms with E-state index < -0.39 is 66.1 Å². The van der Waals surface area contributed by atoms with Crippen molar-refractivity contribution < 1.29 is 66.2 Å². The third-order valence-electron chi connectivity index (χ3n) is 5.17. The molecule has 2 heterocycles. The normalized spacial score (nSPS) is 22.7. The highest BCUT2D eigenvalue weighted by molar-refractivity contribution is 7.99. The smallest absolute Gasteiger partial charge is 0.481 e. The molecule has 4 unspecified atom stereocenters. The summed E-state index contributed by atoms with van der Waals surface area (Å²) in [7, 11) is -16.7. The number of aromatic nitrogens is 2. The number of thioether (sulfide) groups is 1. The predicted octanol–water partition coefficient (Wildman–Crippen LogP) is 0.793. The molecule has 0 bridgehead atoms. The number of hydrogen-bond donors (Lipinski definition) is 7. The third-order valence-corrected chi connectivity index (χ3v) is 10.3. The maximum absolute atomic E-state index is 12.4. The minimum atomic E-state index is -5.72. The zero-order chi connectivity index (χ0) is 31.0. The number of rotatable bonds is 15. The summed E-state index contributed by atoms with van der Waals surface area (Å²) in [6.07, 6.45) is -0.731. The number of ether oxygens (including phenoxy) is 1. The lowest BCUT2D eigenvalue weighted by molar-refractivity contribution is -0.140. The Morgan fingerprint density at radius 3 is 2.56 bits per heavy atom. The molecule has 1 aliphatic heterocycles. The average Bonchev–Trinajstić information content (AvgIpc) is 3.18. The molecule has 1 saturated heterocycles. The van der Waals surface area contributed by atoms with Gasteiger partial charge in [0.1, 0.15) is 18.1 Å². The molecule has 8 N–H and O–H groups in total. The van der Waals surface area contributed by atoms with E-state index in [1.165, 1.54) is 18.0 Å². The standard InChI is InChI=1S/C19H30N3O15P3S/c1-12(18(24)25)11-41-7-5-3-2-4-6-13-9-22(19(26)21-17(13)20)16-8-14(23)15(35-16)10-34-39(30,31)37-40(32,33)36-38(27,28)29/h9,12,14-16,23H,2-3,5,7-8,10-11H2,1H3,(H,24,25)(H,30,31)(H,32,33)(H2,20,21,26)(H2,27,28,29)/t12?,14?,15-,16-/m1/s1. The zero-order valence-electron chi connectivity index (χ0n) is 21.4. The van der Waals surface area contributed by atoms with Crippen LogP contribution >= 0.6 is 35.2 Å². The van der Waals surface area contributed by atoms with Crippen LogP contribution in [0.25, 0.3) is 0 Å². The molecule has 0 aliphatic carbocycles. The van der Waals surface area contributed by atoms with E-state index in [0.29, 0.717) is 12.2 Å². The molecule has 6 atom stereocenters. The maximum atomic E-state index is 12.4. The summed E-state index contributed by atoms with van der Waals surface area (Å²) in [5.74, 6) is 5.61. The number of nitrogens with zero attached hydrogens (tertiary/aromatic N) is 2. The van der Waals surface area contributed by atoms with Gasteiger partial charge in [-0.25, -0.2) is 18.5 Å². The number of carboxylic acids is 1. The van der Waals surface area contributed by atoms with Crippen LogP contribution in [0.2, 0.25) is 0 Å². The van der Waals surface area contributed by atoms with Gasteiger partial charge in [-0.3, -0.25) is 13.9 Å². The molecule has 1 fully saturated rings. The van der Waals surface area contributed by atoms with E-state index in [-0.39, 0.29) is 17.8 Å². The maximum Gasteiger partial charge on any atom is 0.490 e. The number of carbonyl (C=O) groups is 1. The van der Waals surface area contributed by atoms with Gasteiger partial charge in [-0.05, 0) is 18.6 Å². The molecule has 0 amide bonds. The number of aliphatic hydroxyl groups excluding tert-OH is 1. The lowest BCUT2D eigenvalue weighted by atomic mass is 10.2. The largest absolute Gasteiger partial charge is 0.490 e. The van der Waals surface area contributed by atoms with Gasteiger partial charge in [0, 0.05) is 24.8 Å². The summed E-state index contributed by atoms with van der Waals surface area (Å²) >= 11 is 1.54. The molecule has 1 aliphatic rings. The number of phosphoric ester groups is 1. The molecule has 18 nitrogen and oxygen atoms in total. The van der Waals surface area contributed by atoms with Crippen molar-refractivity contribution in [1.82, 2.24) is 9.55 Å². The van der Waals surface area contributed by atoms with Crippen molar-refractivity contribution in [3.05, 3.63) is 22.2 Å². The van der Waals surface area contributed by atoms with Crippen molar-refractivity contribution in [3.63, 3.8) is 0 Å². The fourth-order valence-corrected chi connectivity index (χ4v) is 7.30. The summed E-state index contributed by atoms with van der Waals surface area (Å²) in [6.45, 7) is 0.736. The van der Waals surface area contributed by atoms with Crippen LogP contribution in [-0.2, 0) is 36.4 Å². The molecular weight excluding hydrogens is 635 g/mol. The van der Waals surface area contributed by atoms with Crippen LogP contribution in [0.5, 0.6) is 0 Å². The lowest BCUT2D eigenvalue weighted by Gasteiger charge is -2.19. The third kappa shape index (κ3) is 12.7. The van der Waals surface area contributed by atoms with Gasteiger partial charge in [0.15, 0.2) is 0 Å². The number of phosphoric acid groups is 3. The van der Waals surface area contributed by atoms with E-state index in [0.717, 1.165) is 23.2 Å². The average molecular weight is 665 g/mol. The van der Waals surface area contributed by atoms with Gasteiger partial charge in [0.25, 0.3) is 0 Å². The second-order valence-corrected chi connectivity index (χ2v) is 14.2. The van der Waals surface area contributed by atoms with Crippen molar-refractivity contribution in [1.29, 1.82) is 0 Å². The first-order valence-electron chi connectivity index (χ1n) is 11.7. The van der Waals surface area contributed by atoms with Crippen LogP contribution in [0, 0.1) is 17.8 Å². The Labute approximate surface area is 237 Å². The summed E-state index contributed by atoms with van der Waals surface area (Å²) in [5, 5.41) is 19.1. The van der Waals surface area contributed by atoms with E-state index in [1.807, 2.05) is 0 Å². The van der Waals surface area contributed by atoms with E-state index in [4.69, 9.17) is 25.4 Å². The highest BCUT2D eigenvalue weighted by Gasteiger charge is 2.43. The van der Waals surface area contributed by atoms with Crippen LogP contribution in [0.15, 0.2) is 11.0 Å². The monoisotopic (exact) mass is 665 g/mol. The van der Waals surface area contributed by atoms with E-state index in [9.17, 15) is 38.2 Å². The molecule has 2 rings (SSSR count). The SMILES string of the molecule is CC(CSCCCCC#Cc1cn([C@H]2CC(O)[C@@H](COP(=O)(O)OP(=O)(O)OP(=O)(O)O)O2)c(=O)nc1N)C(=O)O. The first-order valence-corrected chi connectivity index (χ1v) is 17.4. The predicted molar refractivity (Wildman–Crippen MR) is 142 cm³/mol. The summed E-state index contributed by atoms with van der Waals surface area (Å²) in [4.78, 5) is 62.8. The highest BCUT2D eigenvalue weighted by Crippen LogP contribution is 2.66. The lowest BCUT2D eigenvalue weighted by Crippen LogP contribution is -2.29. The van der Waals surface area contributed by atoms with Crippen LogP contribution < -0.4 is 11.4 Å². The molecule has 232 valence electrons. The van der Waals surface area contributed by atoms with Gasteiger partial charge in [-0.15, -0.1) is 0 Å². The van der Waals surface area contributed by atoms with Crippen LogP contribution in [0.3, 0.4) is 0 Å². The fourth-order valence-electron chi connectivity index (χ4n) is 3.20. The molecule has 1 aromatic rings. The molecule has 41 heavy (non-hydrogen) atoms. The summed E-state index contributed by atoms with van der Waals surface area (Å²) in [6, 6.07) is 0. The van der Waals surface area contributed by atoms with Gasteiger partial charge >= 0.3 is 35.1 Å². The van der Waals surface area contributed by atoms with E-state index >= 15 is 0 Å². The van der Waals surface area contributed by atoms with Crippen molar-refractivity contribution in [2.24, 2.45) is 5.92 Å². The number of aliphatic hydroxyl groups is 1. The Hall–Kier alpha value is -1.61. The Morgan fingerprint density at radius 1 is 1.24 bits per heavy atom. The second-order valence-electron chi connectivity index (χ2n) is 8.62. The Kier molecular flexibility index (Phi) is 13.2. The second kappa shape index (κ2) is 15.2. The first-order chi connectivity index (χ1) is 18.9. The van der Waals surface area contributed by atoms with Crippen molar-refractivity contribution in [2.45, 2.75) is 51.0 Å². The van der Waals surface area contributed by atoms with Gasteiger partial charge in [0.05, 0.1) is 24.2 Å². The Balaban J connectivity index is 1.95. The van der Waals surface area contributed by atoms with Gasteiger partial charge < -0.3 is 40.3 Å². The molecule has 0 aromatic carbocycles. The number of unbranched alkanes of at least 4 members (excludes halogenated alkanes) is 2. The van der Waals surface area contributed by atoms with Gasteiger partial charge in [-0.1, -0.05) is 18.8 Å². The van der Waals surface area contributed by atoms with E-state index in [1.54, 1.807) is 6.92 Å². The van der Waals surface area contributed by atoms with Gasteiger partial charge in [-0.2, -0.15) is 25.4 Å². The summed E-state index contributed by atoms with van der Waals surface area (Å²) in [5.41, 5.74) is 5.15. The fraction of sp³-hybridized carbons (Fsp3) is 0.632. The molecule has 0 saturated carbocycles. The quantitative estimate of drug-likeness (QED) is 0.0774. The van der Waals surface area contributed by atoms with Crippen molar-refractivity contribution in [2.75, 3.05) is 23.8 Å². The van der Waals surface area contributed by atoms with Gasteiger partial charge in [0.2, 0.25) is 0 Å². The van der Waals surface area contributed by atoms with Crippen LogP contribution in [0.1, 0.15) is 44.4 Å². The zero-order valence-corrected chi connectivity index (χ0v) is 24.9. The minimum Gasteiger partial charge on any atom is -0.481 e. The highest BCUT2D eigenvalue weighted by atomic mass is 32.2.